The van der Waals surface area contributed by atoms with Gasteiger partial charge in [0.25, 0.3) is 0 Å². The molecule has 1 aliphatic rings. The van der Waals surface area contributed by atoms with Crippen LogP contribution in [0.25, 0.3) is 0 Å². The molecule has 3 heteroatoms. The van der Waals surface area contributed by atoms with Gasteiger partial charge in [-0.2, -0.15) is 0 Å². The van der Waals surface area contributed by atoms with E-state index in [4.69, 9.17) is 10.2 Å². The molecule has 15 heavy (non-hydrogen) atoms. The third kappa shape index (κ3) is 2.83. The number of rotatable bonds is 4. The van der Waals surface area contributed by atoms with Gasteiger partial charge in [0.05, 0.1) is 6.26 Å². The highest BCUT2D eigenvalue weighted by Gasteiger charge is 2.23. The van der Waals surface area contributed by atoms with E-state index in [-0.39, 0.29) is 0 Å². The summed E-state index contributed by atoms with van der Waals surface area (Å²) in [7, 11) is 0. The second-order valence-corrected chi connectivity index (χ2v) is 4.51. The van der Waals surface area contributed by atoms with Crippen LogP contribution in [0.4, 0.5) is 0 Å². The van der Waals surface area contributed by atoms with E-state index < -0.39 is 0 Å². The third-order valence-corrected chi connectivity index (χ3v) is 3.27. The van der Waals surface area contributed by atoms with Gasteiger partial charge in [-0.3, -0.25) is 4.90 Å². The molecule has 2 N–H and O–H groups in total. The molecular weight excluding hydrogens is 188 g/mol. The molecule has 2 atom stereocenters. The zero-order chi connectivity index (χ0) is 10.7. The molecule has 1 aromatic rings. The SMILES string of the molecule is CC(CCc1ccco1)N1CCC(N)C1. The molecule has 2 heterocycles. The van der Waals surface area contributed by atoms with Crippen LogP contribution < -0.4 is 5.73 Å². The Labute approximate surface area is 91.2 Å². The maximum Gasteiger partial charge on any atom is 0.103 e. The van der Waals surface area contributed by atoms with Gasteiger partial charge in [-0.25, -0.2) is 0 Å². The molecule has 1 aromatic heterocycles. The average Bonchev–Trinajstić information content (AvgIpc) is 2.84. The minimum Gasteiger partial charge on any atom is -0.469 e. The summed E-state index contributed by atoms with van der Waals surface area (Å²) in [6.07, 6.45) is 5.07. The molecular formula is C12H20N2O. The number of nitrogens with two attached hydrogens (primary N) is 1. The first-order chi connectivity index (χ1) is 7.25. The fourth-order valence-electron chi connectivity index (χ4n) is 2.20. The molecule has 0 aliphatic carbocycles. The monoisotopic (exact) mass is 208 g/mol. The van der Waals surface area contributed by atoms with Crippen molar-refractivity contribution < 1.29 is 4.42 Å². The van der Waals surface area contributed by atoms with Crippen molar-refractivity contribution in [3.63, 3.8) is 0 Å². The Morgan fingerprint density at radius 3 is 3.13 bits per heavy atom. The first-order valence-electron chi connectivity index (χ1n) is 5.77. The van der Waals surface area contributed by atoms with Crippen LogP contribution >= 0.6 is 0 Å². The van der Waals surface area contributed by atoms with Crippen LogP contribution in [0.15, 0.2) is 22.8 Å². The Morgan fingerprint density at radius 2 is 2.53 bits per heavy atom. The van der Waals surface area contributed by atoms with Crippen molar-refractivity contribution in [3.05, 3.63) is 24.2 Å². The van der Waals surface area contributed by atoms with Gasteiger partial charge in [-0.15, -0.1) is 0 Å². The highest BCUT2D eigenvalue weighted by Crippen LogP contribution is 2.15. The normalized spacial score (nSPS) is 24.5. The molecule has 1 saturated heterocycles. The molecule has 0 saturated carbocycles. The third-order valence-electron chi connectivity index (χ3n) is 3.27. The van der Waals surface area contributed by atoms with E-state index >= 15 is 0 Å². The number of likely N-dealkylation sites (tertiary alicyclic amines) is 1. The van der Waals surface area contributed by atoms with Crippen LogP contribution in [0.1, 0.15) is 25.5 Å². The summed E-state index contributed by atoms with van der Waals surface area (Å²) < 4.78 is 5.32. The van der Waals surface area contributed by atoms with Gasteiger partial charge in [0.15, 0.2) is 0 Å². The van der Waals surface area contributed by atoms with Crippen LogP contribution in [0.3, 0.4) is 0 Å². The molecule has 0 spiro atoms. The zero-order valence-electron chi connectivity index (χ0n) is 9.36. The molecule has 2 rings (SSSR count). The quantitative estimate of drug-likeness (QED) is 0.818. The molecule has 2 unspecified atom stereocenters. The van der Waals surface area contributed by atoms with Crippen molar-refractivity contribution in [1.82, 2.24) is 4.90 Å². The topological polar surface area (TPSA) is 42.4 Å². The lowest BCUT2D eigenvalue weighted by molar-refractivity contribution is 0.241. The van der Waals surface area contributed by atoms with Crippen molar-refractivity contribution in [2.75, 3.05) is 13.1 Å². The van der Waals surface area contributed by atoms with E-state index in [2.05, 4.69) is 11.8 Å². The van der Waals surface area contributed by atoms with Crippen molar-refractivity contribution in [1.29, 1.82) is 0 Å². The summed E-state index contributed by atoms with van der Waals surface area (Å²) in [6, 6.07) is 4.99. The molecule has 0 amide bonds. The van der Waals surface area contributed by atoms with Crippen LogP contribution in [-0.4, -0.2) is 30.1 Å². The van der Waals surface area contributed by atoms with Gasteiger partial charge in [-0.05, 0) is 38.4 Å². The lowest BCUT2D eigenvalue weighted by Gasteiger charge is -2.23. The van der Waals surface area contributed by atoms with Gasteiger partial charge in [0.2, 0.25) is 0 Å². The molecule has 1 aliphatic heterocycles. The van der Waals surface area contributed by atoms with Gasteiger partial charge < -0.3 is 10.2 Å². The van der Waals surface area contributed by atoms with Crippen molar-refractivity contribution >= 4 is 0 Å². The molecule has 0 aromatic carbocycles. The first-order valence-corrected chi connectivity index (χ1v) is 5.77. The minimum atomic E-state index is 0.385. The van der Waals surface area contributed by atoms with Crippen molar-refractivity contribution in [2.24, 2.45) is 5.73 Å². The van der Waals surface area contributed by atoms with Crippen molar-refractivity contribution in [3.8, 4) is 0 Å². The van der Waals surface area contributed by atoms with E-state index in [0.29, 0.717) is 12.1 Å². The lowest BCUT2D eigenvalue weighted by atomic mass is 10.1. The van der Waals surface area contributed by atoms with E-state index in [9.17, 15) is 0 Å². The number of nitrogens with zero attached hydrogens (tertiary/aromatic N) is 1. The van der Waals surface area contributed by atoms with Crippen LogP contribution in [0.5, 0.6) is 0 Å². The van der Waals surface area contributed by atoms with Crippen LogP contribution in [-0.2, 0) is 6.42 Å². The molecule has 1 fully saturated rings. The predicted molar refractivity (Wildman–Crippen MR) is 60.7 cm³/mol. The molecule has 3 nitrogen and oxygen atoms in total. The fourth-order valence-corrected chi connectivity index (χ4v) is 2.20. The highest BCUT2D eigenvalue weighted by atomic mass is 16.3. The number of hydrogen-bond acceptors (Lipinski definition) is 3. The Balaban J connectivity index is 1.75. The number of hydrogen-bond donors (Lipinski definition) is 1. The Bertz CT molecular complexity index is 284. The first kappa shape index (κ1) is 10.7. The Morgan fingerprint density at radius 1 is 1.67 bits per heavy atom. The van der Waals surface area contributed by atoms with Gasteiger partial charge >= 0.3 is 0 Å². The average molecular weight is 208 g/mol. The van der Waals surface area contributed by atoms with Gasteiger partial charge in [0.1, 0.15) is 5.76 Å². The van der Waals surface area contributed by atoms with Crippen LogP contribution in [0.2, 0.25) is 0 Å². The van der Waals surface area contributed by atoms with E-state index in [1.807, 2.05) is 12.1 Å². The number of furan rings is 1. The Kier molecular flexibility index (Phi) is 3.44. The van der Waals surface area contributed by atoms with Crippen LogP contribution in [0, 0.1) is 0 Å². The molecule has 84 valence electrons. The second kappa shape index (κ2) is 4.81. The maximum atomic E-state index is 5.89. The van der Waals surface area contributed by atoms with E-state index in [1.54, 1.807) is 6.26 Å². The summed E-state index contributed by atoms with van der Waals surface area (Å²) in [5, 5.41) is 0. The lowest BCUT2D eigenvalue weighted by Crippen LogP contribution is -2.33. The van der Waals surface area contributed by atoms with Crippen molar-refractivity contribution in [2.45, 2.75) is 38.3 Å². The molecule has 0 radical (unpaired) electrons. The number of aryl methyl sites for hydroxylation is 1. The minimum absolute atomic E-state index is 0.385. The largest absolute Gasteiger partial charge is 0.469 e. The van der Waals surface area contributed by atoms with E-state index in [1.165, 1.54) is 0 Å². The Hall–Kier alpha value is -0.800. The summed E-state index contributed by atoms with van der Waals surface area (Å²) >= 11 is 0. The van der Waals surface area contributed by atoms with E-state index in [0.717, 1.165) is 38.1 Å². The highest BCUT2D eigenvalue weighted by molar-refractivity contribution is 4.98. The molecule has 0 bridgehead atoms. The smallest absolute Gasteiger partial charge is 0.103 e. The summed E-state index contributed by atoms with van der Waals surface area (Å²) in [5.41, 5.74) is 5.89. The summed E-state index contributed by atoms with van der Waals surface area (Å²) in [4.78, 5) is 2.48. The zero-order valence-corrected chi connectivity index (χ0v) is 9.36. The predicted octanol–water partition coefficient (Wildman–Crippen LogP) is 1.63. The fraction of sp³-hybridized carbons (Fsp3) is 0.667. The maximum absolute atomic E-state index is 5.89. The summed E-state index contributed by atoms with van der Waals surface area (Å²) in [6.45, 7) is 4.49. The van der Waals surface area contributed by atoms with Gasteiger partial charge in [0, 0.05) is 25.0 Å². The standard InChI is InChI=1S/C12H20N2O/c1-10(14-7-6-11(13)9-14)4-5-12-3-2-8-15-12/h2-3,8,10-11H,4-7,9,13H2,1H3. The summed E-state index contributed by atoms with van der Waals surface area (Å²) in [5.74, 6) is 1.09. The van der Waals surface area contributed by atoms with Gasteiger partial charge in [-0.1, -0.05) is 0 Å². The second-order valence-electron chi connectivity index (χ2n) is 4.51.